The van der Waals surface area contributed by atoms with Gasteiger partial charge in [-0.1, -0.05) is 35.5 Å². The maximum atomic E-state index is 12.7. The summed E-state index contributed by atoms with van der Waals surface area (Å²) in [5, 5.41) is 6.57. The molecule has 2 heterocycles. The summed E-state index contributed by atoms with van der Waals surface area (Å²) in [6.07, 6.45) is 0.703. The van der Waals surface area contributed by atoms with Gasteiger partial charge in [-0.25, -0.2) is 4.90 Å². The number of rotatable bonds is 5. The number of hydrogen-bond acceptors (Lipinski definition) is 5. The van der Waals surface area contributed by atoms with Crippen LogP contribution in [-0.4, -0.2) is 29.4 Å². The van der Waals surface area contributed by atoms with Crippen LogP contribution in [0.5, 0.6) is 0 Å². The van der Waals surface area contributed by atoms with Crippen LogP contribution in [0.15, 0.2) is 59.1 Å². The van der Waals surface area contributed by atoms with Crippen LogP contribution in [-0.2, 0) is 6.42 Å². The van der Waals surface area contributed by atoms with Crippen molar-refractivity contribution >= 4 is 23.5 Å². The lowest BCUT2D eigenvalue weighted by Gasteiger charge is -2.08. The Morgan fingerprint density at radius 3 is 2.50 bits per heavy atom. The van der Waals surface area contributed by atoms with Gasteiger partial charge in [0.15, 0.2) is 5.82 Å². The van der Waals surface area contributed by atoms with E-state index in [9.17, 15) is 14.4 Å². The summed E-state index contributed by atoms with van der Waals surface area (Å²) >= 11 is 0. The molecular weight excluding hydrogens is 358 g/mol. The van der Waals surface area contributed by atoms with E-state index >= 15 is 0 Å². The van der Waals surface area contributed by atoms with Gasteiger partial charge in [0.05, 0.1) is 11.1 Å². The molecule has 1 aliphatic heterocycles. The third-order valence-corrected chi connectivity index (χ3v) is 4.54. The number of nitrogens with one attached hydrogen (secondary N) is 1. The van der Waals surface area contributed by atoms with Gasteiger partial charge in [-0.05, 0) is 37.1 Å². The first-order valence-electron chi connectivity index (χ1n) is 8.83. The van der Waals surface area contributed by atoms with Gasteiger partial charge < -0.3 is 9.84 Å². The van der Waals surface area contributed by atoms with Crippen LogP contribution in [0.25, 0.3) is 0 Å². The van der Waals surface area contributed by atoms with E-state index in [1.165, 1.54) is 18.2 Å². The molecule has 1 aliphatic rings. The predicted molar refractivity (Wildman–Crippen MR) is 101 cm³/mol. The summed E-state index contributed by atoms with van der Waals surface area (Å²) in [5.74, 6) is -0.672. The summed E-state index contributed by atoms with van der Waals surface area (Å²) in [5.41, 5.74) is 1.87. The maximum Gasteiger partial charge on any atom is 0.267 e. The summed E-state index contributed by atoms with van der Waals surface area (Å²) < 4.78 is 4.95. The summed E-state index contributed by atoms with van der Waals surface area (Å²) in [7, 11) is 0. The Kier molecular flexibility index (Phi) is 4.49. The zero-order valence-corrected chi connectivity index (χ0v) is 15.1. The molecule has 3 aromatic rings. The molecule has 28 heavy (non-hydrogen) atoms. The monoisotopic (exact) mass is 375 g/mol. The molecule has 0 unspecified atom stereocenters. The Morgan fingerprint density at radius 1 is 1.04 bits per heavy atom. The number of aryl methyl sites for hydroxylation is 1. The van der Waals surface area contributed by atoms with Gasteiger partial charge in [-0.3, -0.25) is 14.4 Å². The van der Waals surface area contributed by atoms with Crippen molar-refractivity contribution in [3.63, 3.8) is 0 Å². The van der Waals surface area contributed by atoms with Crippen molar-refractivity contribution in [1.29, 1.82) is 0 Å². The molecule has 0 fully saturated rings. The van der Waals surface area contributed by atoms with Crippen molar-refractivity contribution in [2.24, 2.45) is 0 Å². The largest absolute Gasteiger partial charge is 0.360 e. The molecule has 0 saturated heterocycles. The van der Waals surface area contributed by atoms with E-state index < -0.39 is 11.8 Å². The average molecular weight is 375 g/mol. The molecule has 0 aliphatic carbocycles. The summed E-state index contributed by atoms with van der Waals surface area (Å²) in [4.78, 5) is 38.6. The number of carbonyl (C=O) groups is 3. The van der Waals surface area contributed by atoms with Gasteiger partial charge in [0.25, 0.3) is 17.7 Å². The average Bonchev–Trinajstić information content (AvgIpc) is 3.23. The van der Waals surface area contributed by atoms with E-state index in [4.69, 9.17) is 4.52 Å². The van der Waals surface area contributed by atoms with E-state index in [-0.39, 0.29) is 22.9 Å². The first-order valence-corrected chi connectivity index (χ1v) is 8.83. The Balaban J connectivity index is 1.49. The van der Waals surface area contributed by atoms with E-state index in [0.29, 0.717) is 24.3 Å². The quantitative estimate of drug-likeness (QED) is 0.692. The van der Waals surface area contributed by atoms with Crippen molar-refractivity contribution in [2.75, 3.05) is 11.4 Å². The molecule has 1 N–H and O–H groups in total. The highest BCUT2D eigenvalue weighted by atomic mass is 16.5. The Morgan fingerprint density at radius 2 is 1.79 bits per heavy atom. The predicted octanol–water partition coefficient (Wildman–Crippen LogP) is 2.76. The molecule has 7 nitrogen and oxygen atoms in total. The lowest BCUT2D eigenvalue weighted by atomic mass is 10.1. The molecule has 0 saturated carbocycles. The molecule has 2 aromatic carbocycles. The van der Waals surface area contributed by atoms with Gasteiger partial charge in [0, 0.05) is 18.2 Å². The SMILES string of the molecule is Cc1cc(N2C(=O)c3ccc(C(=O)NCCc4ccccc4)cc3C2=O)no1. The fourth-order valence-electron chi connectivity index (χ4n) is 3.12. The van der Waals surface area contributed by atoms with Gasteiger partial charge >= 0.3 is 0 Å². The molecule has 1 aromatic heterocycles. The second kappa shape index (κ2) is 7.11. The van der Waals surface area contributed by atoms with Gasteiger partial charge in [0.1, 0.15) is 5.76 Å². The lowest BCUT2D eigenvalue weighted by Crippen LogP contribution is -2.29. The number of benzene rings is 2. The second-order valence-corrected chi connectivity index (χ2v) is 6.49. The van der Waals surface area contributed by atoms with Gasteiger partial charge in [0.2, 0.25) is 0 Å². The Hall–Kier alpha value is -3.74. The van der Waals surface area contributed by atoms with E-state index in [0.717, 1.165) is 10.5 Å². The molecule has 4 rings (SSSR count). The number of aromatic nitrogens is 1. The van der Waals surface area contributed by atoms with Crippen LogP contribution in [0.1, 0.15) is 42.4 Å². The van der Waals surface area contributed by atoms with Crippen LogP contribution in [0.2, 0.25) is 0 Å². The number of carbonyl (C=O) groups excluding carboxylic acids is 3. The van der Waals surface area contributed by atoms with Crippen LogP contribution in [0.3, 0.4) is 0 Å². The molecule has 7 heteroatoms. The van der Waals surface area contributed by atoms with E-state index in [1.54, 1.807) is 13.0 Å². The van der Waals surface area contributed by atoms with E-state index in [1.807, 2.05) is 30.3 Å². The van der Waals surface area contributed by atoms with Crippen LogP contribution >= 0.6 is 0 Å². The summed E-state index contributed by atoms with van der Waals surface area (Å²) in [6.45, 7) is 2.14. The third kappa shape index (κ3) is 3.18. The smallest absolute Gasteiger partial charge is 0.267 e. The van der Waals surface area contributed by atoms with Crippen molar-refractivity contribution in [2.45, 2.75) is 13.3 Å². The van der Waals surface area contributed by atoms with Gasteiger partial charge in [-0.15, -0.1) is 0 Å². The number of fused-ring (bicyclic) bond motifs is 1. The topological polar surface area (TPSA) is 92.5 Å². The molecular formula is C21H17N3O4. The highest BCUT2D eigenvalue weighted by Crippen LogP contribution is 2.28. The molecule has 3 amide bonds. The van der Waals surface area contributed by atoms with Gasteiger partial charge in [-0.2, -0.15) is 0 Å². The van der Waals surface area contributed by atoms with Crippen molar-refractivity contribution < 1.29 is 18.9 Å². The molecule has 0 spiro atoms. The minimum absolute atomic E-state index is 0.137. The first kappa shape index (κ1) is 17.7. The highest BCUT2D eigenvalue weighted by molar-refractivity contribution is 6.34. The maximum absolute atomic E-state index is 12.7. The molecule has 0 radical (unpaired) electrons. The number of amides is 3. The van der Waals surface area contributed by atoms with Crippen molar-refractivity contribution in [3.05, 3.63) is 82.6 Å². The number of anilines is 1. The lowest BCUT2D eigenvalue weighted by molar-refractivity contribution is 0.0921. The third-order valence-electron chi connectivity index (χ3n) is 4.54. The fraction of sp³-hybridized carbons (Fsp3) is 0.143. The minimum Gasteiger partial charge on any atom is -0.360 e. The molecule has 0 atom stereocenters. The highest BCUT2D eigenvalue weighted by Gasteiger charge is 2.38. The molecule has 140 valence electrons. The standard InChI is InChI=1S/C21H17N3O4/c1-13-11-18(23-28-13)24-20(26)16-8-7-15(12-17(16)21(24)27)19(25)22-10-9-14-5-3-2-4-6-14/h2-8,11-12H,9-10H2,1H3,(H,22,25). The fourth-order valence-corrected chi connectivity index (χ4v) is 3.12. The van der Waals surface area contributed by atoms with Crippen molar-refractivity contribution in [1.82, 2.24) is 10.5 Å². The number of hydrogen-bond donors (Lipinski definition) is 1. The van der Waals surface area contributed by atoms with Crippen LogP contribution < -0.4 is 10.2 Å². The Bertz CT molecular complexity index is 1070. The van der Waals surface area contributed by atoms with Crippen molar-refractivity contribution in [3.8, 4) is 0 Å². The van der Waals surface area contributed by atoms with E-state index in [2.05, 4.69) is 10.5 Å². The second-order valence-electron chi connectivity index (χ2n) is 6.49. The molecule has 0 bridgehead atoms. The zero-order valence-electron chi connectivity index (χ0n) is 15.1. The van der Waals surface area contributed by atoms with Crippen LogP contribution in [0.4, 0.5) is 5.82 Å². The first-order chi connectivity index (χ1) is 13.5. The minimum atomic E-state index is -0.521. The normalized spacial score (nSPS) is 13.0. The summed E-state index contributed by atoms with van der Waals surface area (Å²) in [6, 6.07) is 15.8. The number of nitrogens with zero attached hydrogens (tertiary/aromatic N) is 2. The zero-order chi connectivity index (χ0) is 19.7. The number of imide groups is 1. The van der Waals surface area contributed by atoms with Crippen LogP contribution in [0, 0.1) is 6.92 Å². The Labute approximate surface area is 160 Å².